The Balaban J connectivity index is 1.37. The first-order valence-electron chi connectivity index (χ1n) is 9.57. The molecule has 1 N–H and O–H groups in total. The van der Waals surface area contributed by atoms with E-state index in [1.807, 2.05) is 23.6 Å². The van der Waals surface area contributed by atoms with E-state index in [2.05, 4.69) is 36.9 Å². The predicted octanol–water partition coefficient (Wildman–Crippen LogP) is 1.70. The van der Waals surface area contributed by atoms with Crippen molar-refractivity contribution in [3.05, 3.63) is 46.4 Å². The van der Waals surface area contributed by atoms with Crippen LogP contribution in [0.1, 0.15) is 24.1 Å². The van der Waals surface area contributed by atoms with Gasteiger partial charge in [0.15, 0.2) is 5.65 Å². The van der Waals surface area contributed by atoms with Gasteiger partial charge in [0.25, 0.3) is 5.78 Å². The van der Waals surface area contributed by atoms with Crippen LogP contribution in [0.3, 0.4) is 0 Å². The number of fused-ring (bicyclic) bond motifs is 2. The third-order valence-electron chi connectivity index (χ3n) is 5.76. The smallest absolute Gasteiger partial charge is 0.327 e. The zero-order chi connectivity index (χ0) is 19.3. The van der Waals surface area contributed by atoms with Crippen LogP contribution in [-0.2, 0) is 6.54 Å². The Bertz CT molecular complexity index is 1210. The van der Waals surface area contributed by atoms with E-state index in [0.29, 0.717) is 18.2 Å². The van der Waals surface area contributed by atoms with Crippen molar-refractivity contribution in [2.75, 3.05) is 18.0 Å². The van der Waals surface area contributed by atoms with Gasteiger partial charge in [-0.05, 0) is 44.7 Å². The molecule has 5 heterocycles. The molecule has 0 saturated carbocycles. The van der Waals surface area contributed by atoms with Gasteiger partial charge in [-0.3, -0.25) is 4.57 Å². The van der Waals surface area contributed by atoms with Gasteiger partial charge in [-0.15, -0.1) is 0 Å². The summed E-state index contributed by atoms with van der Waals surface area (Å²) in [6.07, 6.45) is 5.28. The molecule has 4 aromatic rings. The van der Waals surface area contributed by atoms with E-state index < -0.39 is 0 Å². The van der Waals surface area contributed by atoms with Crippen LogP contribution in [-0.4, -0.2) is 47.2 Å². The van der Waals surface area contributed by atoms with Gasteiger partial charge in [-0.1, -0.05) is 0 Å². The van der Waals surface area contributed by atoms with E-state index in [9.17, 15) is 4.79 Å². The number of imidazole rings is 1. The molecule has 0 amide bonds. The fourth-order valence-corrected chi connectivity index (χ4v) is 4.13. The first kappa shape index (κ1) is 16.9. The topological polar surface area (TPSA) is 97.0 Å². The van der Waals surface area contributed by atoms with Crippen molar-refractivity contribution >= 4 is 22.8 Å². The normalized spacial score (nSPS) is 15.7. The number of aromatic amines is 1. The standard InChI is InChI=1S/C19H22N8O/c1-12-13(2)23-18-21-11-22-27(18)17(12)25-8-5-14(6-9-25)10-26-16-15(24-19(26)28)4-3-7-20-16/h3-4,7,11,14H,5-6,8-10H2,1-2H3,(H,24,28). The molecule has 0 aliphatic carbocycles. The molecule has 0 bridgehead atoms. The Morgan fingerprint density at radius 2 is 2.04 bits per heavy atom. The van der Waals surface area contributed by atoms with E-state index in [4.69, 9.17) is 0 Å². The largest absolute Gasteiger partial charge is 0.356 e. The Morgan fingerprint density at radius 1 is 1.21 bits per heavy atom. The number of H-pyrrole nitrogens is 1. The molecule has 4 aromatic heterocycles. The maximum absolute atomic E-state index is 12.3. The molecular weight excluding hydrogens is 356 g/mol. The van der Waals surface area contributed by atoms with E-state index in [1.54, 1.807) is 17.1 Å². The van der Waals surface area contributed by atoms with Crippen LogP contribution in [0.25, 0.3) is 16.9 Å². The number of aryl methyl sites for hydroxylation is 1. The monoisotopic (exact) mass is 378 g/mol. The third-order valence-corrected chi connectivity index (χ3v) is 5.76. The molecule has 1 aliphatic rings. The number of rotatable bonds is 3. The summed E-state index contributed by atoms with van der Waals surface area (Å²) in [5.41, 5.74) is 3.56. The summed E-state index contributed by atoms with van der Waals surface area (Å²) >= 11 is 0. The van der Waals surface area contributed by atoms with Gasteiger partial charge in [0.2, 0.25) is 0 Å². The number of nitrogens with one attached hydrogen (secondary N) is 1. The maximum atomic E-state index is 12.3. The number of hydrogen-bond acceptors (Lipinski definition) is 6. The minimum Gasteiger partial charge on any atom is -0.356 e. The fourth-order valence-electron chi connectivity index (χ4n) is 4.13. The molecular formula is C19H22N8O. The third kappa shape index (κ3) is 2.65. The molecule has 9 nitrogen and oxygen atoms in total. The summed E-state index contributed by atoms with van der Waals surface area (Å²) in [6.45, 7) is 6.61. The molecule has 28 heavy (non-hydrogen) atoms. The summed E-state index contributed by atoms with van der Waals surface area (Å²) in [5, 5.41) is 4.36. The van der Waals surface area contributed by atoms with Crippen molar-refractivity contribution in [3.63, 3.8) is 0 Å². The lowest BCUT2D eigenvalue weighted by atomic mass is 9.96. The minimum absolute atomic E-state index is 0.0824. The van der Waals surface area contributed by atoms with Gasteiger partial charge < -0.3 is 9.88 Å². The molecule has 1 saturated heterocycles. The van der Waals surface area contributed by atoms with Crippen molar-refractivity contribution in [3.8, 4) is 0 Å². The van der Waals surface area contributed by atoms with Gasteiger partial charge >= 0.3 is 5.69 Å². The lowest BCUT2D eigenvalue weighted by Gasteiger charge is -2.34. The molecule has 144 valence electrons. The Kier molecular flexibility index (Phi) is 3.88. The first-order chi connectivity index (χ1) is 13.6. The van der Waals surface area contributed by atoms with Crippen LogP contribution < -0.4 is 10.6 Å². The number of aromatic nitrogens is 7. The van der Waals surface area contributed by atoms with Crippen molar-refractivity contribution < 1.29 is 0 Å². The number of hydrogen-bond donors (Lipinski definition) is 1. The molecule has 0 radical (unpaired) electrons. The SMILES string of the molecule is Cc1nc2ncnn2c(N2CCC(Cn3c(=O)[nH]c4cccnc43)CC2)c1C. The van der Waals surface area contributed by atoms with E-state index in [0.717, 1.165) is 54.2 Å². The Hall–Kier alpha value is -3.23. The van der Waals surface area contributed by atoms with Gasteiger partial charge in [0, 0.05) is 37.1 Å². The van der Waals surface area contributed by atoms with E-state index in [1.165, 1.54) is 0 Å². The fraction of sp³-hybridized carbons (Fsp3) is 0.421. The minimum atomic E-state index is -0.0824. The Labute approximate surface area is 161 Å². The molecule has 0 aromatic carbocycles. The highest BCUT2D eigenvalue weighted by molar-refractivity contribution is 5.69. The second-order valence-corrected chi connectivity index (χ2v) is 7.46. The predicted molar refractivity (Wildman–Crippen MR) is 106 cm³/mol. The summed E-state index contributed by atoms with van der Waals surface area (Å²) in [5.74, 6) is 2.14. The second-order valence-electron chi connectivity index (χ2n) is 7.46. The van der Waals surface area contributed by atoms with Crippen LogP contribution in [0.15, 0.2) is 29.5 Å². The zero-order valence-corrected chi connectivity index (χ0v) is 16.0. The molecule has 5 rings (SSSR count). The highest BCUT2D eigenvalue weighted by Crippen LogP contribution is 2.28. The molecule has 0 spiro atoms. The van der Waals surface area contributed by atoms with Crippen molar-refractivity contribution in [2.24, 2.45) is 5.92 Å². The quantitative estimate of drug-likeness (QED) is 0.583. The van der Waals surface area contributed by atoms with Gasteiger partial charge in [-0.25, -0.2) is 14.8 Å². The summed E-state index contributed by atoms with van der Waals surface area (Å²) in [7, 11) is 0. The Morgan fingerprint density at radius 3 is 2.86 bits per heavy atom. The summed E-state index contributed by atoms with van der Waals surface area (Å²) in [6, 6.07) is 3.73. The van der Waals surface area contributed by atoms with Crippen LogP contribution in [0.2, 0.25) is 0 Å². The number of nitrogens with zero attached hydrogens (tertiary/aromatic N) is 7. The van der Waals surface area contributed by atoms with E-state index in [-0.39, 0.29) is 5.69 Å². The second kappa shape index (κ2) is 6.43. The lowest BCUT2D eigenvalue weighted by molar-refractivity contribution is 0.354. The number of pyridine rings is 1. The maximum Gasteiger partial charge on any atom is 0.327 e. The zero-order valence-electron chi connectivity index (χ0n) is 16.0. The summed E-state index contributed by atoms with van der Waals surface area (Å²) in [4.78, 5) is 30.7. The van der Waals surface area contributed by atoms with Gasteiger partial charge in [0.1, 0.15) is 12.1 Å². The van der Waals surface area contributed by atoms with Gasteiger partial charge in [-0.2, -0.15) is 14.6 Å². The highest BCUT2D eigenvalue weighted by Gasteiger charge is 2.25. The molecule has 9 heteroatoms. The average molecular weight is 378 g/mol. The van der Waals surface area contributed by atoms with Crippen LogP contribution in [0.4, 0.5) is 5.82 Å². The molecule has 0 atom stereocenters. The molecule has 1 aliphatic heterocycles. The van der Waals surface area contributed by atoms with Crippen molar-refractivity contribution in [1.82, 2.24) is 34.1 Å². The lowest BCUT2D eigenvalue weighted by Crippen LogP contribution is -2.37. The van der Waals surface area contributed by atoms with E-state index >= 15 is 0 Å². The number of anilines is 1. The molecule has 0 unspecified atom stereocenters. The van der Waals surface area contributed by atoms with Crippen molar-refractivity contribution in [1.29, 1.82) is 0 Å². The highest BCUT2D eigenvalue weighted by atomic mass is 16.1. The first-order valence-corrected chi connectivity index (χ1v) is 9.57. The van der Waals surface area contributed by atoms with Gasteiger partial charge in [0.05, 0.1) is 5.52 Å². The number of piperidine rings is 1. The summed E-state index contributed by atoms with van der Waals surface area (Å²) < 4.78 is 3.60. The van der Waals surface area contributed by atoms with Crippen molar-refractivity contribution in [2.45, 2.75) is 33.2 Å². The molecule has 1 fully saturated rings. The van der Waals surface area contributed by atoms with Crippen LogP contribution in [0, 0.1) is 19.8 Å². The van der Waals surface area contributed by atoms with Crippen LogP contribution in [0.5, 0.6) is 0 Å². The van der Waals surface area contributed by atoms with Crippen LogP contribution >= 0.6 is 0 Å². The average Bonchev–Trinajstić information content (AvgIpc) is 3.28.